The minimum Gasteiger partial charge on any atom is -0.371 e. The van der Waals surface area contributed by atoms with E-state index in [1.165, 1.54) is 57.8 Å². The molecule has 0 atom stereocenters. The van der Waals surface area contributed by atoms with Gasteiger partial charge >= 0.3 is 5.97 Å². The van der Waals surface area contributed by atoms with Gasteiger partial charge in [0.25, 0.3) is 0 Å². The Morgan fingerprint density at radius 3 is 1.84 bits per heavy atom. The van der Waals surface area contributed by atoms with Crippen molar-refractivity contribution in [3.63, 3.8) is 0 Å². The molecule has 3 nitrogen and oxygen atoms in total. The van der Waals surface area contributed by atoms with Gasteiger partial charge in [-0.2, -0.15) is 5.48 Å². The summed E-state index contributed by atoms with van der Waals surface area (Å²) in [6.45, 7) is 5.02. The molecule has 0 saturated carbocycles. The molecule has 0 aromatic heterocycles. The molecule has 19 heavy (non-hydrogen) atoms. The van der Waals surface area contributed by atoms with Gasteiger partial charge in [0.1, 0.15) is 0 Å². The normalized spacial score (nSPS) is 10.6. The van der Waals surface area contributed by atoms with Crippen molar-refractivity contribution < 1.29 is 9.63 Å². The molecule has 0 radical (unpaired) electrons. The number of hydroxylamine groups is 1. The summed E-state index contributed by atoms with van der Waals surface area (Å²) < 4.78 is 0. The summed E-state index contributed by atoms with van der Waals surface area (Å²) in [5, 5.41) is 0. The van der Waals surface area contributed by atoms with E-state index in [0.717, 1.165) is 19.4 Å². The van der Waals surface area contributed by atoms with Gasteiger partial charge in [-0.15, -0.1) is 0 Å². The molecule has 0 aliphatic rings. The number of rotatable bonds is 14. The summed E-state index contributed by atoms with van der Waals surface area (Å²) in [6, 6.07) is 0. The van der Waals surface area contributed by atoms with Crippen LogP contribution >= 0.6 is 0 Å². The van der Waals surface area contributed by atoms with Gasteiger partial charge in [-0.3, -0.25) is 4.79 Å². The van der Waals surface area contributed by atoms with E-state index in [9.17, 15) is 4.79 Å². The average Bonchev–Trinajstić information content (AvgIpc) is 2.40. The lowest BCUT2D eigenvalue weighted by Gasteiger charge is -2.05. The maximum atomic E-state index is 11.0. The summed E-state index contributed by atoms with van der Waals surface area (Å²) >= 11 is 0. The molecule has 0 aromatic rings. The number of unbranched alkanes of at least 4 members (excludes halogenated alkanes) is 9. The van der Waals surface area contributed by atoms with Crippen LogP contribution in [0.4, 0.5) is 0 Å². The Bertz CT molecular complexity index is 195. The first-order chi connectivity index (χ1) is 9.31. The summed E-state index contributed by atoms with van der Waals surface area (Å²) in [5.41, 5.74) is 2.75. The van der Waals surface area contributed by atoms with Crippen LogP contribution in [0.25, 0.3) is 0 Å². The van der Waals surface area contributed by atoms with Crippen LogP contribution < -0.4 is 5.48 Å². The fourth-order valence-electron chi connectivity index (χ4n) is 2.07. The fourth-order valence-corrected chi connectivity index (χ4v) is 2.07. The van der Waals surface area contributed by atoms with Gasteiger partial charge in [-0.05, 0) is 12.8 Å². The molecule has 0 aliphatic carbocycles. The highest BCUT2D eigenvalue weighted by Crippen LogP contribution is 2.10. The summed E-state index contributed by atoms with van der Waals surface area (Å²) in [4.78, 5) is 15.9. The molecule has 0 fully saturated rings. The lowest BCUT2D eigenvalue weighted by atomic mass is 10.1. The second kappa shape index (κ2) is 15.5. The van der Waals surface area contributed by atoms with Crippen molar-refractivity contribution in [2.75, 3.05) is 6.54 Å². The Morgan fingerprint density at radius 1 is 0.789 bits per heavy atom. The predicted molar refractivity (Wildman–Crippen MR) is 80.8 cm³/mol. The molecule has 0 spiro atoms. The van der Waals surface area contributed by atoms with Gasteiger partial charge in [-0.25, -0.2) is 0 Å². The van der Waals surface area contributed by atoms with Crippen LogP contribution in [0, 0.1) is 0 Å². The molecule has 0 heterocycles. The van der Waals surface area contributed by atoms with Crippen LogP contribution in [0.1, 0.15) is 90.9 Å². The summed E-state index contributed by atoms with van der Waals surface area (Å²) in [6.07, 6.45) is 14.6. The van der Waals surface area contributed by atoms with Crippen LogP contribution in [0.15, 0.2) is 0 Å². The molecule has 0 bridgehead atoms. The number of carbonyl (C=O) groups is 1. The van der Waals surface area contributed by atoms with Crippen molar-refractivity contribution in [3.05, 3.63) is 0 Å². The van der Waals surface area contributed by atoms with Gasteiger partial charge in [0.2, 0.25) is 0 Å². The molecule has 1 N–H and O–H groups in total. The molecular formula is C16H33NO2. The van der Waals surface area contributed by atoms with Crippen molar-refractivity contribution in [1.29, 1.82) is 0 Å². The third-order valence-electron chi connectivity index (χ3n) is 3.27. The first-order valence-corrected chi connectivity index (χ1v) is 8.23. The molecule has 0 unspecified atom stereocenters. The number of nitrogens with one attached hydrogen (secondary N) is 1. The average molecular weight is 271 g/mol. The number of hydrogen-bond acceptors (Lipinski definition) is 3. The Kier molecular flexibility index (Phi) is 15.0. The molecule has 0 rings (SSSR count). The Labute approximate surface area is 119 Å². The highest BCUT2D eigenvalue weighted by Gasteiger charge is 1.99. The van der Waals surface area contributed by atoms with E-state index in [0.29, 0.717) is 6.42 Å². The van der Waals surface area contributed by atoms with Gasteiger partial charge in [0.15, 0.2) is 0 Å². The largest absolute Gasteiger partial charge is 0.371 e. The van der Waals surface area contributed by atoms with Crippen LogP contribution in [0.5, 0.6) is 0 Å². The van der Waals surface area contributed by atoms with E-state index < -0.39 is 0 Å². The van der Waals surface area contributed by atoms with Gasteiger partial charge in [0.05, 0.1) is 0 Å². The lowest BCUT2D eigenvalue weighted by Crippen LogP contribution is -2.20. The minimum absolute atomic E-state index is 0.144. The van der Waals surface area contributed by atoms with Crippen LogP contribution in [0.2, 0.25) is 0 Å². The van der Waals surface area contributed by atoms with Gasteiger partial charge in [-0.1, -0.05) is 71.6 Å². The second-order valence-electron chi connectivity index (χ2n) is 5.30. The SMILES string of the molecule is CCCCCCCCCCCCNOC(=O)CCC. The number of hydrogen-bond donors (Lipinski definition) is 1. The first-order valence-electron chi connectivity index (χ1n) is 8.23. The van der Waals surface area contributed by atoms with Crippen LogP contribution in [-0.2, 0) is 9.63 Å². The smallest absolute Gasteiger partial charge is 0.324 e. The molecule has 0 saturated heterocycles. The minimum atomic E-state index is -0.144. The molecule has 0 aliphatic heterocycles. The van der Waals surface area contributed by atoms with E-state index in [4.69, 9.17) is 4.84 Å². The standard InChI is InChI=1S/C16H33NO2/c1-3-5-6-7-8-9-10-11-12-13-15-17-19-16(18)14-4-2/h17H,3-15H2,1-2H3. The Hall–Kier alpha value is -0.570. The molecule has 114 valence electrons. The van der Waals surface area contributed by atoms with Gasteiger partial charge in [0, 0.05) is 13.0 Å². The molecular weight excluding hydrogens is 238 g/mol. The van der Waals surface area contributed by atoms with E-state index in [1.54, 1.807) is 0 Å². The lowest BCUT2D eigenvalue weighted by molar-refractivity contribution is -0.151. The van der Waals surface area contributed by atoms with E-state index in [2.05, 4.69) is 12.4 Å². The Balaban J connectivity index is 3.01. The first kappa shape index (κ1) is 18.4. The third-order valence-corrected chi connectivity index (χ3v) is 3.27. The van der Waals surface area contributed by atoms with E-state index in [1.807, 2.05) is 6.92 Å². The van der Waals surface area contributed by atoms with E-state index in [-0.39, 0.29) is 5.97 Å². The zero-order chi connectivity index (χ0) is 14.2. The highest BCUT2D eigenvalue weighted by atomic mass is 16.7. The van der Waals surface area contributed by atoms with Crippen molar-refractivity contribution in [1.82, 2.24) is 5.48 Å². The monoisotopic (exact) mass is 271 g/mol. The van der Waals surface area contributed by atoms with Crippen molar-refractivity contribution in [2.45, 2.75) is 90.9 Å². The van der Waals surface area contributed by atoms with Crippen LogP contribution in [0.3, 0.4) is 0 Å². The topological polar surface area (TPSA) is 38.3 Å². The van der Waals surface area contributed by atoms with Crippen molar-refractivity contribution in [3.8, 4) is 0 Å². The van der Waals surface area contributed by atoms with Crippen molar-refractivity contribution in [2.24, 2.45) is 0 Å². The molecule has 3 heteroatoms. The van der Waals surface area contributed by atoms with Crippen molar-refractivity contribution >= 4 is 5.97 Å². The summed E-state index contributed by atoms with van der Waals surface area (Å²) in [7, 11) is 0. The fraction of sp³-hybridized carbons (Fsp3) is 0.938. The zero-order valence-electron chi connectivity index (χ0n) is 13.0. The molecule has 0 amide bonds. The quantitative estimate of drug-likeness (QED) is 0.366. The highest BCUT2D eigenvalue weighted by molar-refractivity contribution is 5.68. The zero-order valence-corrected chi connectivity index (χ0v) is 13.0. The van der Waals surface area contributed by atoms with Crippen LogP contribution in [-0.4, -0.2) is 12.5 Å². The third kappa shape index (κ3) is 15.4. The molecule has 0 aromatic carbocycles. The van der Waals surface area contributed by atoms with Gasteiger partial charge < -0.3 is 4.84 Å². The number of carbonyl (C=O) groups excluding carboxylic acids is 1. The summed E-state index contributed by atoms with van der Waals surface area (Å²) in [5.74, 6) is -0.144. The second-order valence-corrected chi connectivity index (χ2v) is 5.30. The Morgan fingerprint density at radius 2 is 1.32 bits per heavy atom. The maximum absolute atomic E-state index is 11.0. The predicted octanol–water partition coefficient (Wildman–Crippen LogP) is 4.76. The van der Waals surface area contributed by atoms with E-state index >= 15 is 0 Å². The maximum Gasteiger partial charge on any atom is 0.324 e.